The van der Waals surface area contributed by atoms with Crippen LogP contribution in [0.2, 0.25) is 0 Å². The van der Waals surface area contributed by atoms with Crippen molar-refractivity contribution in [3.63, 3.8) is 0 Å². The average Bonchev–Trinajstić information content (AvgIpc) is 2.97. The molecular formula is C33H31N3O3S. The molecule has 3 aromatic carbocycles. The Morgan fingerprint density at radius 2 is 1.70 bits per heavy atom. The molecule has 0 saturated carbocycles. The summed E-state index contributed by atoms with van der Waals surface area (Å²) in [5.41, 5.74) is 10.00. The van der Waals surface area contributed by atoms with Gasteiger partial charge in [-0.05, 0) is 79.8 Å². The van der Waals surface area contributed by atoms with Gasteiger partial charge < -0.3 is 19.5 Å². The van der Waals surface area contributed by atoms with E-state index in [1.165, 1.54) is 33.3 Å². The maximum Gasteiger partial charge on any atom is 0.210 e. The van der Waals surface area contributed by atoms with Crippen LogP contribution in [-0.2, 0) is 36.8 Å². The fourth-order valence-electron chi connectivity index (χ4n) is 7.85. The molecule has 0 amide bonds. The highest BCUT2D eigenvalue weighted by Crippen LogP contribution is 2.48. The van der Waals surface area contributed by atoms with Crippen molar-refractivity contribution >= 4 is 39.9 Å². The van der Waals surface area contributed by atoms with Gasteiger partial charge in [0.05, 0.1) is 17.2 Å². The minimum Gasteiger partial charge on any atom is -0.545 e. The SMILES string of the molecule is C=S=Nc1ccc(C2=c3cc4c5c(c3Oc3c2cc2c6c3CCCN6CCC2)CCC[N+]=5CCC4)c(C(=O)[O-])c1. The molecule has 3 aromatic rings. The van der Waals surface area contributed by atoms with E-state index in [9.17, 15) is 9.90 Å². The fourth-order valence-corrected chi connectivity index (χ4v) is 8.12. The van der Waals surface area contributed by atoms with E-state index >= 15 is 0 Å². The van der Waals surface area contributed by atoms with E-state index in [0.717, 1.165) is 117 Å². The summed E-state index contributed by atoms with van der Waals surface area (Å²) in [6.07, 6.45) is 8.48. The van der Waals surface area contributed by atoms with E-state index in [1.54, 1.807) is 6.07 Å². The Bertz CT molecular complexity index is 1830. The molecule has 5 aliphatic rings. The first kappa shape index (κ1) is 24.1. The predicted molar refractivity (Wildman–Crippen MR) is 158 cm³/mol. The summed E-state index contributed by atoms with van der Waals surface area (Å²) < 4.78 is 13.9. The maximum atomic E-state index is 12.6. The monoisotopic (exact) mass is 549 g/mol. The van der Waals surface area contributed by atoms with Crippen LogP contribution in [0.1, 0.15) is 69.4 Å². The van der Waals surface area contributed by atoms with Crippen LogP contribution in [0.5, 0.6) is 11.5 Å². The number of carboxylic acids is 1. The van der Waals surface area contributed by atoms with Gasteiger partial charge in [0, 0.05) is 64.7 Å². The Kier molecular flexibility index (Phi) is 5.53. The van der Waals surface area contributed by atoms with E-state index in [4.69, 9.17) is 4.74 Å². The zero-order valence-corrected chi connectivity index (χ0v) is 23.4. The summed E-state index contributed by atoms with van der Waals surface area (Å²) >= 11 is 1.07. The molecule has 8 rings (SSSR count). The number of fused-ring (bicyclic) bond motifs is 4. The first-order valence-electron chi connectivity index (χ1n) is 14.5. The van der Waals surface area contributed by atoms with Crippen LogP contribution in [0.25, 0.3) is 5.57 Å². The molecule has 0 unspecified atom stereocenters. The van der Waals surface area contributed by atoms with Gasteiger partial charge in [-0.25, -0.2) is 4.58 Å². The number of hydrogen-bond acceptors (Lipinski definition) is 5. The number of carbonyl (C=O) groups is 1. The lowest BCUT2D eigenvalue weighted by Crippen LogP contribution is -2.45. The third kappa shape index (κ3) is 3.49. The number of hydrogen-bond donors (Lipinski definition) is 0. The molecule has 40 heavy (non-hydrogen) atoms. The summed E-state index contributed by atoms with van der Waals surface area (Å²) in [5.74, 6) is 4.37. The van der Waals surface area contributed by atoms with Crippen molar-refractivity contribution in [3.05, 3.63) is 79.9 Å². The highest BCUT2D eigenvalue weighted by atomic mass is 32.1. The third-order valence-electron chi connectivity index (χ3n) is 9.35. The smallest absolute Gasteiger partial charge is 0.210 e. The van der Waals surface area contributed by atoms with Crippen LogP contribution in [0.15, 0.2) is 34.7 Å². The quantitative estimate of drug-likeness (QED) is 0.291. The van der Waals surface area contributed by atoms with Crippen molar-refractivity contribution in [3.8, 4) is 11.5 Å². The number of carbonyl (C=O) groups excluding carboxylic acids is 1. The van der Waals surface area contributed by atoms with E-state index in [2.05, 4.69) is 31.8 Å². The van der Waals surface area contributed by atoms with Gasteiger partial charge in [0.1, 0.15) is 24.6 Å². The van der Waals surface area contributed by atoms with Crippen LogP contribution in [0, 0.1) is 0 Å². The Labute approximate surface area is 236 Å². The molecule has 0 atom stereocenters. The van der Waals surface area contributed by atoms with Crippen LogP contribution in [-0.4, -0.2) is 38.0 Å². The molecule has 0 bridgehead atoms. The molecule has 0 fully saturated rings. The maximum absolute atomic E-state index is 12.6. The van der Waals surface area contributed by atoms with Crippen molar-refractivity contribution in [1.82, 2.24) is 4.58 Å². The first-order valence-corrected chi connectivity index (χ1v) is 15.5. The van der Waals surface area contributed by atoms with E-state index in [-0.39, 0.29) is 5.56 Å². The van der Waals surface area contributed by atoms with Gasteiger partial charge in [0.2, 0.25) is 5.36 Å². The Balaban J connectivity index is 1.53. The number of anilines is 1. The molecule has 5 aliphatic heterocycles. The van der Waals surface area contributed by atoms with Crippen molar-refractivity contribution < 1.29 is 14.6 Å². The molecule has 5 heterocycles. The summed E-state index contributed by atoms with van der Waals surface area (Å²) in [7, 11) is 0. The second kappa shape index (κ2) is 9.16. The topological polar surface area (TPSA) is 68.0 Å². The van der Waals surface area contributed by atoms with Gasteiger partial charge in [-0.15, -0.1) is 0 Å². The minimum atomic E-state index is -1.20. The van der Waals surface area contributed by atoms with E-state index in [1.807, 2.05) is 12.1 Å². The zero-order valence-electron chi connectivity index (χ0n) is 22.6. The third-order valence-corrected chi connectivity index (χ3v) is 9.69. The fraction of sp³-hybridized carbons (Fsp3) is 0.364. The Morgan fingerprint density at radius 1 is 0.925 bits per heavy atom. The number of nitrogens with zero attached hydrogens (tertiary/aromatic N) is 3. The van der Waals surface area contributed by atoms with Crippen LogP contribution >= 0.6 is 0 Å². The summed E-state index contributed by atoms with van der Waals surface area (Å²) in [6.45, 7) is 4.35. The number of carboxylic acid groups (broad SMARTS) is 1. The molecule has 0 N–H and O–H groups in total. The number of ether oxygens (including phenoxy) is 1. The highest BCUT2D eigenvalue weighted by molar-refractivity contribution is 7.66. The van der Waals surface area contributed by atoms with Gasteiger partial charge in [-0.3, -0.25) is 0 Å². The number of benzene rings is 3. The summed E-state index contributed by atoms with van der Waals surface area (Å²) in [4.78, 5) is 15.2. The zero-order chi connectivity index (χ0) is 27.0. The summed E-state index contributed by atoms with van der Waals surface area (Å²) in [6, 6.07) is 10.0. The largest absolute Gasteiger partial charge is 0.545 e. The van der Waals surface area contributed by atoms with E-state index in [0.29, 0.717) is 11.3 Å². The molecule has 6 nitrogen and oxygen atoms in total. The van der Waals surface area contributed by atoms with Crippen molar-refractivity contribution in [2.45, 2.75) is 51.4 Å². The summed E-state index contributed by atoms with van der Waals surface area (Å²) in [5, 5.41) is 15.0. The molecule has 7 heteroatoms. The number of aryl methyl sites for hydroxylation is 2. The first-order chi connectivity index (χ1) is 19.6. The van der Waals surface area contributed by atoms with Gasteiger partial charge in [-0.2, -0.15) is 4.36 Å². The molecular weight excluding hydrogens is 518 g/mol. The van der Waals surface area contributed by atoms with Gasteiger partial charge in [0.15, 0.2) is 0 Å². The predicted octanol–water partition coefficient (Wildman–Crippen LogP) is 2.82. The average molecular weight is 550 g/mol. The normalized spacial score (nSPS) is 18.1. The Morgan fingerprint density at radius 3 is 2.52 bits per heavy atom. The van der Waals surface area contributed by atoms with Crippen LogP contribution < -0.4 is 29.9 Å². The van der Waals surface area contributed by atoms with Crippen LogP contribution in [0.3, 0.4) is 0 Å². The van der Waals surface area contributed by atoms with Gasteiger partial charge in [-0.1, -0.05) is 17.2 Å². The van der Waals surface area contributed by atoms with E-state index < -0.39 is 5.97 Å². The molecule has 202 valence electrons. The molecule has 0 aromatic heterocycles. The molecule has 0 aliphatic carbocycles. The number of rotatable bonds is 3. The van der Waals surface area contributed by atoms with Crippen molar-refractivity contribution in [2.75, 3.05) is 31.1 Å². The lowest BCUT2D eigenvalue weighted by atomic mass is 9.81. The Hall–Kier alpha value is -3.71. The second-order valence-electron chi connectivity index (χ2n) is 11.6. The lowest BCUT2D eigenvalue weighted by Gasteiger charge is -2.39. The standard InChI is InChI=1S/C33H31N3O3S/c1-40-34-21-10-11-22(25(18-21)33(37)38)28-26-16-19-6-2-12-35-14-4-8-23(29(19)35)31(26)39-32-24-9-5-15-36-13-3-7-20(30(24)36)17-27(28)32/h10-11,16-18H,1-9,12-15H2. The van der Waals surface area contributed by atoms with Crippen molar-refractivity contribution in [2.24, 2.45) is 4.36 Å². The van der Waals surface area contributed by atoms with Gasteiger partial charge in [0.25, 0.3) is 0 Å². The lowest BCUT2D eigenvalue weighted by molar-refractivity contribution is -0.255. The van der Waals surface area contributed by atoms with Crippen molar-refractivity contribution in [1.29, 1.82) is 0 Å². The highest BCUT2D eigenvalue weighted by Gasteiger charge is 2.36. The molecule has 0 saturated heterocycles. The minimum absolute atomic E-state index is 0.157. The second-order valence-corrected chi connectivity index (χ2v) is 12.0. The van der Waals surface area contributed by atoms with Gasteiger partial charge >= 0.3 is 0 Å². The van der Waals surface area contributed by atoms with Crippen LogP contribution in [0.4, 0.5) is 11.4 Å². The number of aromatic carboxylic acids is 1. The molecule has 0 radical (unpaired) electrons. The molecule has 0 spiro atoms.